The molecule has 0 bridgehead atoms. The van der Waals surface area contributed by atoms with E-state index >= 15 is 0 Å². The van der Waals surface area contributed by atoms with Gasteiger partial charge in [0.2, 0.25) is 5.91 Å². The van der Waals surface area contributed by atoms with Crippen LogP contribution in [-0.4, -0.2) is 17.8 Å². The fourth-order valence-corrected chi connectivity index (χ4v) is 1.13. The van der Waals surface area contributed by atoms with E-state index in [9.17, 15) is 4.79 Å². The zero-order valence-electron chi connectivity index (χ0n) is 9.91. The molecule has 0 aliphatic carbocycles. The van der Waals surface area contributed by atoms with Gasteiger partial charge in [0.25, 0.3) is 0 Å². The summed E-state index contributed by atoms with van der Waals surface area (Å²) in [5.74, 6) is 0.145. The van der Waals surface area contributed by atoms with Crippen molar-refractivity contribution < 1.29 is 4.79 Å². The van der Waals surface area contributed by atoms with Crippen LogP contribution < -0.4 is 5.32 Å². The van der Waals surface area contributed by atoms with Crippen LogP contribution >= 0.6 is 15.9 Å². The maximum Gasteiger partial charge on any atom is 0.220 e. The summed E-state index contributed by atoms with van der Waals surface area (Å²) in [5, 5.41) is 3.86. The first kappa shape index (κ1) is 13.9. The van der Waals surface area contributed by atoms with Crippen LogP contribution in [-0.2, 0) is 4.79 Å². The molecular formula is C11H22BrNO. The van der Waals surface area contributed by atoms with Gasteiger partial charge in [0.15, 0.2) is 0 Å². The van der Waals surface area contributed by atoms with Crippen molar-refractivity contribution in [3.8, 4) is 0 Å². The molecule has 84 valence electrons. The molecule has 1 N–H and O–H groups in total. The Kier molecular flexibility index (Phi) is 5.13. The first-order valence-electron chi connectivity index (χ1n) is 4.99. The normalized spacial score (nSPS) is 12.7. The summed E-state index contributed by atoms with van der Waals surface area (Å²) in [5.41, 5.74) is 0.205. The van der Waals surface area contributed by atoms with E-state index in [0.717, 1.165) is 11.9 Å². The Balaban J connectivity index is 3.87. The van der Waals surface area contributed by atoms with E-state index in [4.69, 9.17) is 0 Å². The van der Waals surface area contributed by atoms with Crippen molar-refractivity contribution in [1.82, 2.24) is 5.32 Å². The SMILES string of the molecule is CC(C)(C)CC(=O)NCC(C)(C)CBr. The van der Waals surface area contributed by atoms with Gasteiger partial charge in [0, 0.05) is 18.3 Å². The molecule has 0 saturated carbocycles. The summed E-state index contributed by atoms with van der Waals surface area (Å²) in [7, 11) is 0. The minimum Gasteiger partial charge on any atom is -0.356 e. The first-order chi connectivity index (χ1) is 6.16. The molecule has 0 aromatic carbocycles. The summed E-state index contributed by atoms with van der Waals surface area (Å²) in [6.45, 7) is 11.2. The van der Waals surface area contributed by atoms with Crippen LogP contribution in [0.1, 0.15) is 41.0 Å². The van der Waals surface area contributed by atoms with Gasteiger partial charge in [-0.3, -0.25) is 4.79 Å². The summed E-state index contributed by atoms with van der Waals surface area (Å²) in [4.78, 5) is 11.5. The van der Waals surface area contributed by atoms with Crippen molar-refractivity contribution in [1.29, 1.82) is 0 Å². The summed E-state index contributed by atoms with van der Waals surface area (Å²) in [6, 6.07) is 0. The highest BCUT2D eigenvalue weighted by Crippen LogP contribution is 2.19. The predicted octanol–water partition coefficient (Wildman–Crippen LogP) is 2.96. The van der Waals surface area contributed by atoms with Crippen molar-refractivity contribution in [2.45, 2.75) is 41.0 Å². The number of halogens is 1. The minimum absolute atomic E-state index is 0.0721. The quantitative estimate of drug-likeness (QED) is 0.777. The van der Waals surface area contributed by atoms with Crippen molar-refractivity contribution in [2.75, 3.05) is 11.9 Å². The van der Waals surface area contributed by atoms with Crippen LogP contribution in [0, 0.1) is 10.8 Å². The van der Waals surface area contributed by atoms with Crippen molar-refractivity contribution in [3.05, 3.63) is 0 Å². The lowest BCUT2D eigenvalue weighted by Gasteiger charge is -2.23. The highest BCUT2D eigenvalue weighted by atomic mass is 79.9. The second kappa shape index (κ2) is 5.15. The third-order valence-electron chi connectivity index (χ3n) is 1.82. The number of hydrogen-bond donors (Lipinski definition) is 1. The second-order valence-electron chi connectivity index (χ2n) is 5.81. The molecule has 0 aromatic rings. The van der Waals surface area contributed by atoms with E-state index in [1.54, 1.807) is 0 Å². The van der Waals surface area contributed by atoms with E-state index in [2.05, 4.69) is 55.9 Å². The van der Waals surface area contributed by atoms with Crippen LogP contribution in [0.25, 0.3) is 0 Å². The standard InChI is InChI=1S/C11H22BrNO/c1-10(2,3)6-9(14)13-8-11(4,5)7-12/h6-8H2,1-5H3,(H,13,14). The van der Waals surface area contributed by atoms with Gasteiger partial charge >= 0.3 is 0 Å². The highest BCUT2D eigenvalue weighted by Gasteiger charge is 2.20. The van der Waals surface area contributed by atoms with Crippen LogP contribution in [0.15, 0.2) is 0 Å². The number of rotatable bonds is 4. The number of amides is 1. The van der Waals surface area contributed by atoms with E-state index in [0.29, 0.717) is 6.42 Å². The monoisotopic (exact) mass is 263 g/mol. The van der Waals surface area contributed by atoms with Gasteiger partial charge in [-0.15, -0.1) is 0 Å². The molecule has 1 amide bonds. The summed E-state index contributed by atoms with van der Waals surface area (Å²) >= 11 is 3.43. The van der Waals surface area contributed by atoms with Crippen molar-refractivity contribution in [3.63, 3.8) is 0 Å². The lowest BCUT2D eigenvalue weighted by atomic mass is 9.91. The number of hydrogen-bond acceptors (Lipinski definition) is 1. The molecular weight excluding hydrogens is 242 g/mol. The fraction of sp³-hybridized carbons (Fsp3) is 0.909. The van der Waals surface area contributed by atoms with Gasteiger partial charge in [-0.25, -0.2) is 0 Å². The Morgan fingerprint density at radius 3 is 2.07 bits per heavy atom. The van der Waals surface area contributed by atoms with Crippen LogP contribution in [0.5, 0.6) is 0 Å². The van der Waals surface area contributed by atoms with Crippen LogP contribution in [0.3, 0.4) is 0 Å². The van der Waals surface area contributed by atoms with Crippen LogP contribution in [0.2, 0.25) is 0 Å². The van der Waals surface area contributed by atoms with E-state index in [1.165, 1.54) is 0 Å². The average Bonchev–Trinajstić information content (AvgIpc) is 1.98. The van der Waals surface area contributed by atoms with E-state index < -0.39 is 0 Å². The number of nitrogens with one attached hydrogen (secondary N) is 1. The largest absolute Gasteiger partial charge is 0.356 e. The number of carbonyl (C=O) groups excluding carboxylic acids is 1. The molecule has 0 spiro atoms. The van der Waals surface area contributed by atoms with Crippen molar-refractivity contribution >= 4 is 21.8 Å². The Morgan fingerprint density at radius 2 is 1.71 bits per heavy atom. The third kappa shape index (κ3) is 7.36. The zero-order chi connectivity index (χ0) is 11.4. The molecule has 0 rings (SSSR count). The van der Waals surface area contributed by atoms with Gasteiger partial charge in [-0.1, -0.05) is 50.5 Å². The maximum atomic E-state index is 11.5. The molecule has 0 atom stereocenters. The van der Waals surface area contributed by atoms with E-state index in [1.807, 2.05) is 0 Å². The topological polar surface area (TPSA) is 29.1 Å². The van der Waals surface area contributed by atoms with Gasteiger partial charge in [-0.2, -0.15) is 0 Å². The summed E-state index contributed by atoms with van der Waals surface area (Å²) < 4.78 is 0. The second-order valence-corrected chi connectivity index (χ2v) is 6.37. The third-order valence-corrected chi connectivity index (χ3v) is 3.33. The molecule has 14 heavy (non-hydrogen) atoms. The van der Waals surface area contributed by atoms with E-state index in [-0.39, 0.29) is 16.7 Å². The Bertz CT molecular complexity index is 194. The summed E-state index contributed by atoms with van der Waals surface area (Å²) in [6.07, 6.45) is 0.589. The first-order valence-corrected chi connectivity index (χ1v) is 6.11. The molecule has 0 aromatic heterocycles. The smallest absolute Gasteiger partial charge is 0.220 e. The van der Waals surface area contributed by atoms with Crippen LogP contribution in [0.4, 0.5) is 0 Å². The molecule has 0 radical (unpaired) electrons. The number of carbonyl (C=O) groups is 1. The number of alkyl halides is 1. The maximum absolute atomic E-state index is 11.5. The van der Waals surface area contributed by atoms with Gasteiger partial charge in [-0.05, 0) is 10.8 Å². The zero-order valence-corrected chi connectivity index (χ0v) is 11.5. The lowest BCUT2D eigenvalue weighted by Crippen LogP contribution is -2.36. The minimum atomic E-state index is 0.0721. The molecule has 0 unspecified atom stereocenters. The molecule has 0 fully saturated rings. The van der Waals surface area contributed by atoms with Gasteiger partial charge in [0.1, 0.15) is 0 Å². The molecule has 0 aliphatic heterocycles. The molecule has 0 heterocycles. The van der Waals surface area contributed by atoms with Gasteiger partial charge in [0.05, 0.1) is 0 Å². The predicted molar refractivity (Wildman–Crippen MR) is 64.7 cm³/mol. The Hall–Kier alpha value is -0.0500. The highest BCUT2D eigenvalue weighted by molar-refractivity contribution is 9.09. The fourth-order valence-electron chi connectivity index (χ4n) is 0.929. The molecule has 2 nitrogen and oxygen atoms in total. The van der Waals surface area contributed by atoms with Gasteiger partial charge < -0.3 is 5.32 Å². The molecule has 3 heteroatoms. The average molecular weight is 264 g/mol. The molecule has 0 aliphatic rings. The Morgan fingerprint density at radius 1 is 1.21 bits per heavy atom. The molecule has 0 saturated heterocycles. The Labute approximate surface area is 96.0 Å². The van der Waals surface area contributed by atoms with Crippen molar-refractivity contribution in [2.24, 2.45) is 10.8 Å². The lowest BCUT2D eigenvalue weighted by molar-refractivity contribution is -0.123.